The molecule has 0 aliphatic rings. The van der Waals surface area contributed by atoms with Gasteiger partial charge in [0.1, 0.15) is 5.82 Å². The Kier molecular flexibility index (Phi) is 13.0. The van der Waals surface area contributed by atoms with Crippen molar-refractivity contribution in [1.29, 1.82) is 0 Å². The van der Waals surface area contributed by atoms with Crippen LogP contribution in [0.5, 0.6) is 0 Å². The quantitative estimate of drug-likeness (QED) is 0.370. The number of rotatable bonds is 10. The van der Waals surface area contributed by atoms with Crippen LogP contribution in [0.1, 0.15) is 52.0 Å². The molecule has 0 spiro atoms. The van der Waals surface area contributed by atoms with E-state index < -0.39 is 23.7 Å². The molecule has 0 unspecified atom stereocenters. The number of nitrogens with one attached hydrogen (secondary N) is 2. The Bertz CT molecular complexity index is 821. The second-order valence-electron chi connectivity index (χ2n) is 8.41. The van der Waals surface area contributed by atoms with Gasteiger partial charge in [0, 0.05) is 18.4 Å². The van der Waals surface area contributed by atoms with Gasteiger partial charge in [0.15, 0.2) is 5.78 Å². The summed E-state index contributed by atoms with van der Waals surface area (Å²) >= 11 is 0. The molecule has 1 aromatic carbocycles. The van der Waals surface area contributed by atoms with Gasteiger partial charge in [-0.15, -0.1) is 0 Å². The van der Waals surface area contributed by atoms with Crippen LogP contribution in [0, 0.1) is 5.82 Å². The maximum atomic E-state index is 12.9. The van der Waals surface area contributed by atoms with Gasteiger partial charge in [-0.2, -0.15) is 13.2 Å². The minimum atomic E-state index is -5.08. The van der Waals surface area contributed by atoms with Crippen molar-refractivity contribution in [2.24, 2.45) is 5.73 Å². The summed E-state index contributed by atoms with van der Waals surface area (Å²) in [7, 11) is 0. The number of aliphatic carboxylic acids is 1. The molecule has 1 atom stereocenters. The standard InChI is InChI=1S/C20H30FN3O3.C2HF3O2/c1-20(2,3)24-19(27)13-16(17(25)5-4-12-22)23-18(26)11-8-14-6-9-15(21)10-7-14;3-2(4,5)1(6)7/h6-7,9-10,16H,4-5,8,11-13,22H2,1-3H3,(H,23,26)(H,24,27);(H,6,7)/t16-;/m0./s1. The third kappa shape index (κ3) is 14.9. The molecule has 12 heteroatoms. The number of Topliss-reactive ketones (excluding diaryl/α,β-unsaturated/α-hetero) is 1. The number of carbonyl (C=O) groups excluding carboxylic acids is 3. The number of amides is 2. The summed E-state index contributed by atoms with van der Waals surface area (Å²) in [4.78, 5) is 45.7. The first-order valence-electron chi connectivity index (χ1n) is 10.4. The number of nitrogens with two attached hydrogens (primary N) is 1. The maximum absolute atomic E-state index is 12.9. The number of carboxylic acids is 1. The van der Waals surface area contributed by atoms with E-state index in [9.17, 15) is 31.9 Å². The number of benzene rings is 1. The van der Waals surface area contributed by atoms with Crippen LogP contribution in [0.15, 0.2) is 24.3 Å². The van der Waals surface area contributed by atoms with E-state index in [4.69, 9.17) is 15.6 Å². The van der Waals surface area contributed by atoms with Crippen LogP contribution in [-0.2, 0) is 25.6 Å². The van der Waals surface area contributed by atoms with E-state index in [1.165, 1.54) is 12.1 Å². The number of aryl methyl sites for hydroxylation is 1. The second-order valence-corrected chi connectivity index (χ2v) is 8.41. The Balaban J connectivity index is 0.00000135. The topological polar surface area (TPSA) is 139 Å². The normalized spacial score (nSPS) is 12.1. The molecule has 0 saturated carbocycles. The summed E-state index contributed by atoms with van der Waals surface area (Å²) < 4.78 is 44.7. The molecule has 0 aromatic heterocycles. The zero-order chi connectivity index (χ0) is 26.5. The second kappa shape index (κ2) is 14.3. The summed E-state index contributed by atoms with van der Waals surface area (Å²) in [5.41, 5.74) is 5.84. The number of hydrogen-bond donors (Lipinski definition) is 4. The van der Waals surface area contributed by atoms with Crippen molar-refractivity contribution in [3.05, 3.63) is 35.6 Å². The predicted octanol–water partition coefficient (Wildman–Crippen LogP) is 2.49. The Morgan fingerprint density at radius 3 is 1.97 bits per heavy atom. The van der Waals surface area contributed by atoms with Crippen molar-refractivity contribution in [2.75, 3.05) is 6.54 Å². The van der Waals surface area contributed by atoms with E-state index >= 15 is 0 Å². The molecule has 0 aliphatic carbocycles. The molecule has 0 heterocycles. The summed E-state index contributed by atoms with van der Waals surface area (Å²) in [6.07, 6.45) is -3.91. The van der Waals surface area contributed by atoms with Gasteiger partial charge in [0.2, 0.25) is 11.8 Å². The third-order valence-electron chi connectivity index (χ3n) is 4.05. The highest BCUT2D eigenvalue weighted by molar-refractivity contribution is 5.93. The zero-order valence-electron chi connectivity index (χ0n) is 19.3. The van der Waals surface area contributed by atoms with Gasteiger partial charge in [-0.25, -0.2) is 9.18 Å². The Labute approximate surface area is 195 Å². The van der Waals surface area contributed by atoms with Gasteiger partial charge in [-0.05, 0) is 57.9 Å². The van der Waals surface area contributed by atoms with E-state index in [0.29, 0.717) is 19.4 Å². The van der Waals surface area contributed by atoms with Gasteiger partial charge >= 0.3 is 12.1 Å². The fraction of sp³-hybridized carbons (Fsp3) is 0.545. The van der Waals surface area contributed by atoms with E-state index in [2.05, 4.69) is 10.6 Å². The minimum absolute atomic E-state index is 0.108. The molecule has 5 N–H and O–H groups in total. The average Bonchev–Trinajstić information content (AvgIpc) is 2.69. The van der Waals surface area contributed by atoms with E-state index in [1.807, 2.05) is 20.8 Å². The van der Waals surface area contributed by atoms with Crippen LogP contribution in [0.2, 0.25) is 0 Å². The molecule has 2 amide bonds. The SMILES string of the molecule is CC(C)(C)NC(=O)C[C@H](NC(=O)CCc1ccc(F)cc1)C(=O)CCCN.O=C(O)C(F)(F)F. The molecule has 192 valence electrons. The maximum Gasteiger partial charge on any atom is 0.490 e. The van der Waals surface area contributed by atoms with Crippen LogP contribution in [0.25, 0.3) is 0 Å². The zero-order valence-corrected chi connectivity index (χ0v) is 19.3. The van der Waals surface area contributed by atoms with E-state index in [0.717, 1.165) is 5.56 Å². The minimum Gasteiger partial charge on any atom is -0.475 e. The smallest absolute Gasteiger partial charge is 0.475 e. The van der Waals surface area contributed by atoms with Gasteiger partial charge in [-0.1, -0.05) is 12.1 Å². The van der Waals surface area contributed by atoms with Gasteiger partial charge < -0.3 is 21.5 Å². The van der Waals surface area contributed by atoms with Crippen molar-refractivity contribution >= 4 is 23.6 Å². The van der Waals surface area contributed by atoms with Crippen molar-refractivity contribution in [2.45, 2.75) is 70.6 Å². The molecule has 0 fully saturated rings. The van der Waals surface area contributed by atoms with Crippen molar-refractivity contribution in [3.8, 4) is 0 Å². The molecule has 0 radical (unpaired) electrons. The largest absolute Gasteiger partial charge is 0.490 e. The van der Waals surface area contributed by atoms with E-state index in [1.54, 1.807) is 12.1 Å². The molecule has 0 bridgehead atoms. The van der Waals surface area contributed by atoms with Gasteiger partial charge in [0.05, 0.1) is 12.5 Å². The van der Waals surface area contributed by atoms with Crippen molar-refractivity contribution in [3.63, 3.8) is 0 Å². The highest BCUT2D eigenvalue weighted by atomic mass is 19.4. The predicted molar refractivity (Wildman–Crippen MR) is 116 cm³/mol. The van der Waals surface area contributed by atoms with Crippen LogP contribution >= 0.6 is 0 Å². The molecule has 34 heavy (non-hydrogen) atoms. The monoisotopic (exact) mass is 493 g/mol. The summed E-state index contributed by atoms with van der Waals surface area (Å²) in [6, 6.07) is 5.03. The van der Waals surface area contributed by atoms with Crippen molar-refractivity contribution < 1.29 is 41.8 Å². The average molecular weight is 493 g/mol. The number of carboxylic acid groups (broad SMARTS) is 1. The lowest BCUT2D eigenvalue weighted by Gasteiger charge is -2.23. The summed E-state index contributed by atoms with van der Waals surface area (Å²) in [5.74, 6) is -3.92. The molecule has 0 aliphatic heterocycles. The molecule has 1 aromatic rings. The fourth-order valence-corrected chi connectivity index (χ4v) is 2.53. The highest BCUT2D eigenvalue weighted by Gasteiger charge is 2.38. The van der Waals surface area contributed by atoms with Crippen molar-refractivity contribution in [1.82, 2.24) is 10.6 Å². The summed E-state index contributed by atoms with van der Waals surface area (Å²) in [5, 5.41) is 12.6. The number of hydrogen-bond acceptors (Lipinski definition) is 5. The fourth-order valence-electron chi connectivity index (χ4n) is 2.53. The molecular formula is C22H31F4N3O5. The lowest BCUT2D eigenvalue weighted by atomic mass is 10.0. The highest BCUT2D eigenvalue weighted by Crippen LogP contribution is 2.13. The van der Waals surface area contributed by atoms with Crippen LogP contribution in [0.3, 0.4) is 0 Å². The summed E-state index contributed by atoms with van der Waals surface area (Å²) in [6.45, 7) is 5.90. The third-order valence-corrected chi connectivity index (χ3v) is 4.05. The Morgan fingerprint density at radius 2 is 1.53 bits per heavy atom. The first kappa shape index (κ1) is 31.0. The van der Waals surface area contributed by atoms with Crippen LogP contribution in [-0.4, -0.2) is 53.0 Å². The molecule has 0 saturated heterocycles. The number of ketones is 1. The number of carbonyl (C=O) groups is 4. The number of halogens is 4. The van der Waals surface area contributed by atoms with Crippen LogP contribution in [0.4, 0.5) is 17.6 Å². The number of alkyl halides is 3. The molecular weight excluding hydrogens is 462 g/mol. The first-order chi connectivity index (χ1) is 15.5. The van der Waals surface area contributed by atoms with Gasteiger partial charge in [0.25, 0.3) is 0 Å². The Hall–Kier alpha value is -3.02. The lowest BCUT2D eigenvalue weighted by molar-refractivity contribution is -0.192. The molecule has 1 rings (SSSR count). The van der Waals surface area contributed by atoms with Crippen LogP contribution < -0.4 is 16.4 Å². The van der Waals surface area contributed by atoms with E-state index in [-0.39, 0.29) is 42.7 Å². The molecule has 8 nitrogen and oxygen atoms in total. The lowest BCUT2D eigenvalue weighted by Crippen LogP contribution is -2.47. The van der Waals surface area contributed by atoms with Gasteiger partial charge in [-0.3, -0.25) is 14.4 Å². The first-order valence-corrected chi connectivity index (χ1v) is 10.4. The Morgan fingerprint density at radius 1 is 1.00 bits per heavy atom.